The molecule has 8 heteroatoms. The number of carbonyl (C=O) groups excluding carboxylic acids is 1. The Hall–Kier alpha value is -2.87. The fourth-order valence-corrected chi connectivity index (χ4v) is 2.76. The number of aryl methyl sites for hydroxylation is 1. The average Bonchev–Trinajstić information content (AvgIpc) is 2.95. The molecule has 0 spiro atoms. The number of aromatic nitrogens is 1. The number of amides is 1. The number of anilines is 1. The minimum absolute atomic E-state index is 0.0514. The molecule has 0 radical (unpaired) electrons. The smallest absolute Gasteiger partial charge is 0.271 e. The average molecular weight is 343 g/mol. The Kier molecular flexibility index (Phi) is 4.48. The molecule has 1 amide bonds. The maximum atomic E-state index is 12.0. The third-order valence-electron chi connectivity index (χ3n) is 3.19. The first-order valence-corrected chi connectivity index (χ1v) is 8.04. The van der Waals surface area contributed by atoms with Crippen LogP contribution in [0.25, 0.3) is 11.1 Å². The monoisotopic (exact) mass is 343 g/mol. The van der Waals surface area contributed by atoms with Gasteiger partial charge in [-0.15, -0.1) is 0 Å². The second-order valence-electron chi connectivity index (χ2n) is 5.10. The van der Waals surface area contributed by atoms with Gasteiger partial charge in [-0.1, -0.05) is 23.9 Å². The quantitative estimate of drug-likeness (QED) is 0.430. The molecule has 24 heavy (non-hydrogen) atoms. The van der Waals surface area contributed by atoms with E-state index in [1.54, 1.807) is 0 Å². The Morgan fingerprint density at radius 3 is 2.92 bits per heavy atom. The van der Waals surface area contributed by atoms with E-state index < -0.39 is 4.92 Å². The van der Waals surface area contributed by atoms with E-state index in [9.17, 15) is 14.9 Å². The van der Waals surface area contributed by atoms with Crippen molar-refractivity contribution in [1.29, 1.82) is 0 Å². The number of hydrogen-bond donors (Lipinski definition) is 1. The van der Waals surface area contributed by atoms with Crippen LogP contribution in [-0.2, 0) is 4.79 Å². The van der Waals surface area contributed by atoms with Crippen LogP contribution in [0.2, 0.25) is 0 Å². The number of carbonyl (C=O) groups is 1. The summed E-state index contributed by atoms with van der Waals surface area (Å²) in [6, 6.07) is 11.7. The summed E-state index contributed by atoms with van der Waals surface area (Å²) >= 11 is 1.13. The van der Waals surface area contributed by atoms with Crippen LogP contribution in [0.3, 0.4) is 0 Å². The molecule has 0 aliphatic heterocycles. The lowest BCUT2D eigenvalue weighted by Gasteiger charge is -2.04. The lowest BCUT2D eigenvalue weighted by atomic mass is 10.2. The van der Waals surface area contributed by atoms with Crippen LogP contribution in [0.1, 0.15) is 5.56 Å². The lowest BCUT2D eigenvalue weighted by Crippen LogP contribution is -2.13. The summed E-state index contributed by atoms with van der Waals surface area (Å²) in [5, 5.41) is 13.8. The van der Waals surface area contributed by atoms with Crippen LogP contribution >= 0.6 is 11.8 Å². The predicted octanol–water partition coefficient (Wildman–Crippen LogP) is 3.78. The van der Waals surface area contributed by atoms with Crippen LogP contribution in [0.4, 0.5) is 11.4 Å². The summed E-state index contributed by atoms with van der Waals surface area (Å²) in [6.07, 6.45) is 0. The fraction of sp³-hybridized carbons (Fsp3) is 0.125. The van der Waals surface area contributed by atoms with Gasteiger partial charge in [-0.2, -0.15) is 0 Å². The van der Waals surface area contributed by atoms with Crippen LogP contribution in [-0.4, -0.2) is 21.6 Å². The Morgan fingerprint density at radius 2 is 2.17 bits per heavy atom. The van der Waals surface area contributed by atoms with Gasteiger partial charge in [0.05, 0.1) is 10.7 Å². The number of nitrogens with zero attached hydrogens (tertiary/aromatic N) is 2. The van der Waals surface area contributed by atoms with Gasteiger partial charge >= 0.3 is 0 Å². The highest BCUT2D eigenvalue weighted by Gasteiger charge is 2.13. The number of thioether (sulfide) groups is 1. The first-order chi connectivity index (χ1) is 11.5. The van der Waals surface area contributed by atoms with E-state index in [2.05, 4.69) is 10.3 Å². The molecule has 1 N–H and O–H groups in total. The van der Waals surface area contributed by atoms with Crippen molar-refractivity contribution >= 4 is 40.1 Å². The van der Waals surface area contributed by atoms with E-state index >= 15 is 0 Å². The van der Waals surface area contributed by atoms with Gasteiger partial charge < -0.3 is 9.73 Å². The number of rotatable bonds is 5. The number of non-ortho nitro benzene ring substituents is 1. The van der Waals surface area contributed by atoms with Crippen molar-refractivity contribution < 1.29 is 14.1 Å². The van der Waals surface area contributed by atoms with Gasteiger partial charge in [0.25, 0.3) is 10.9 Å². The van der Waals surface area contributed by atoms with Gasteiger partial charge in [0.15, 0.2) is 5.58 Å². The van der Waals surface area contributed by atoms with Gasteiger partial charge in [0, 0.05) is 17.8 Å². The van der Waals surface area contributed by atoms with Gasteiger partial charge in [-0.05, 0) is 30.7 Å². The second kappa shape index (κ2) is 6.71. The number of nitro groups is 1. The van der Waals surface area contributed by atoms with Crippen molar-refractivity contribution in [2.24, 2.45) is 0 Å². The predicted molar refractivity (Wildman–Crippen MR) is 91.2 cm³/mol. The Labute approximate surface area is 141 Å². The molecule has 0 atom stereocenters. The fourth-order valence-electron chi connectivity index (χ4n) is 2.12. The van der Waals surface area contributed by atoms with Crippen molar-refractivity contribution in [2.45, 2.75) is 12.1 Å². The maximum absolute atomic E-state index is 12.0. The first kappa shape index (κ1) is 16.0. The van der Waals surface area contributed by atoms with E-state index in [0.717, 1.165) is 23.0 Å². The third-order valence-corrected chi connectivity index (χ3v) is 4.02. The third kappa shape index (κ3) is 3.72. The molecule has 1 aromatic heterocycles. The van der Waals surface area contributed by atoms with E-state index in [4.69, 9.17) is 4.42 Å². The van der Waals surface area contributed by atoms with Crippen LogP contribution in [0.15, 0.2) is 52.1 Å². The molecule has 3 aromatic rings. The van der Waals surface area contributed by atoms with Gasteiger partial charge in [0.1, 0.15) is 5.52 Å². The van der Waals surface area contributed by atoms with Crippen LogP contribution < -0.4 is 5.32 Å². The maximum Gasteiger partial charge on any atom is 0.271 e. The Balaban J connectivity index is 1.64. The molecule has 0 saturated carbocycles. The molecule has 0 unspecified atom stereocenters. The number of nitro benzene ring substituents is 1. The normalized spacial score (nSPS) is 10.7. The zero-order valence-corrected chi connectivity index (χ0v) is 13.5. The summed E-state index contributed by atoms with van der Waals surface area (Å²) < 4.78 is 5.47. The van der Waals surface area contributed by atoms with Gasteiger partial charge in [-0.25, -0.2) is 4.98 Å². The van der Waals surface area contributed by atoms with Crippen molar-refractivity contribution in [3.8, 4) is 0 Å². The van der Waals surface area contributed by atoms with Gasteiger partial charge in [0.2, 0.25) is 5.91 Å². The Morgan fingerprint density at radius 1 is 1.33 bits per heavy atom. The number of benzene rings is 2. The lowest BCUT2D eigenvalue weighted by molar-refractivity contribution is -0.384. The van der Waals surface area contributed by atoms with Crippen molar-refractivity contribution in [3.63, 3.8) is 0 Å². The molecule has 2 aromatic carbocycles. The van der Waals surface area contributed by atoms with Gasteiger partial charge in [-0.3, -0.25) is 14.9 Å². The van der Waals surface area contributed by atoms with Crippen molar-refractivity contribution in [3.05, 3.63) is 58.1 Å². The molecule has 1 heterocycles. The largest absolute Gasteiger partial charge is 0.431 e. The molecule has 3 rings (SSSR count). The van der Waals surface area contributed by atoms with E-state index in [0.29, 0.717) is 16.3 Å². The summed E-state index contributed by atoms with van der Waals surface area (Å²) in [7, 11) is 0. The molecule has 0 saturated heterocycles. The van der Waals surface area contributed by atoms with E-state index in [1.165, 1.54) is 18.2 Å². The summed E-state index contributed by atoms with van der Waals surface area (Å²) in [5.74, 6) is -0.0538. The van der Waals surface area contributed by atoms with E-state index in [1.807, 2.05) is 31.2 Å². The molecule has 122 valence electrons. The minimum Gasteiger partial charge on any atom is -0.431 e. The highest BCUT2D eigenvalue weighted by Crippen LogP contribution is 2.26. The highest BCUT2D eigenvalue weighted by atomic mass is 32.2. The number of nitrogens with one attached hydrogen (secondary N) is 1. The molecule has 0 fully saturated rings. The van der Waals surface area contributed by atoms with Crippen molar-refractivity contribution in [2.75, 3.05) is 11.1 Å². The molecule has 0 bridgehead atoms. The summed E-state index contributed by atoms with van der Waals surface area (Å²) in [6.45, 7) is 1.95. The molecule has 0 aliphatic rings. The first-order valence-electron chi connectivity index (χ1n) is 7.05. The zero-order chi connectivity index (χ0) is 17.1. The number of fused-ring (bicyclic) bond motifs is 1. The second-order valence-corrected chi connectivity index (χ2v) is 6.02. The topological polar surface area (TPSA) is 98.3 Å². The molecular formula is C16H13N3O4S. The number of oxazole rings is 1. The molecule has 7 nitrogen and oxygen atoms in total. The highest BCUT2D eigenvalue weighted by molar-refractivity contribution is 7.99. The molecule has 0 aliphatic carbocycles. The van der Waals surface area contributed by atoms with E-state index in [-0.39, 0.29) is 17.3 Å². The summed E-state index contributed by atoms with van der Waals surface area (Å²) in [4.78, 5) is 26.4. The van der Waals surface area contributed by atoms with Crippen LogP contribution in [0.5, 0.6) is 0 Å². The standard InChI is InChI=1S/C16H13N3O4S/c1-10-3-2-4-11(7-10)17-15(20)9-24-16-18-13-8-12(19(21)22)5-6-14(13)23-16/h2-8H,9H2,1H3,(H,17,20). The Bertz CT molecular complexity index is 923. The summed E-state index contributed by atoms with van der Waals surface area (Å²) in [5.41, 5.74) is 2.58. The number of hydrogen-bond acceptors (Lipinski definition) is 6. The minimum atomic E-state index is -0.490. The van der Waals surface area contributed by atoms with Crippen molar-refractivity contribution in [1.82, 2.24) is 4.98 Å². The zero-order valence-electron chi connectivity index (χ0n) is 12.7. The SMILES string of the molecule is Cc1cccc(NC(=O)CSc2nc3cc([N+](=O)[O-])ccc3o2)c1. The molecular weight excluding hydrogens is 330 g/mol. The van der Waals surface area contributed by atoms with Crippen LogP contribution in [0, 0.1) is 17.0 Å².